The minimum atomic E-state index is 0.513. The zero-order valence-electron chi connectivity index (χ0n) is 17.8. The fourth-order valence-electron chi connectivity index (χ4n) is 4.47. The third-order valence-corrected chi connectivity index (χ3v) is 7.22. The highest BCUT2D eigenvalue weighted by molar-refractivity contribution is 7.98. The molecule has 3 aromatic heterocycles. The minimum Gasteiger partial charge on any atom is -0.372 e. The predicted octanol–water partition coefficient (Wildman–Crippen LogP) is 4.08. The van der Waals surface area contributed by atoms with Gasteiger partial charge in [0.25, 0.3) is 0 Å². The second kappa shape index (κ2) is 10.5. The first-order valence-corrected chi connectivity index (χ1v) is 12.9. The van der Waals surface area contributed by atoms with E-state index < -0.39 is 0 Å². The van der Waals surface area contributed by atoms with Crippen LogP contribution < -0.4 is 15.5 Å². The van der Waals surface area contributed by atoms with Crippen LogP contribution >= 0.6 is 23.1 Å². The lowest BCUT2D eigenvalue weighted by Gasteiger charge is -2.26. The largest absolute Gasteiger partial charge is 0.372 e. The molecule has 2 atom stereocenters. The summed E-state index contributed by atoms with van der Waals surface area (Å²) in [6.07, 6.45) is 12.8. The third-order valence-electron chi connectivity index (χ3n) is 5.89. The quantitative estimate of drug-likeness (QED) is 0.340. The van der Waals surface area contributed by atoms with E-state index in [1.165, 1.54) is 24.3 Å². The Morgan fingerprint density at radius 1 is 1.33 bits per heavy atom. The molecule has 0 amide bonds. The van der Waals surface area contributed by atoms with Crippen LogP contribution in [-0.4, -0.2) is 58.3 Å². The zero-order chi connectivity index (χ0) is 20.8. The van der Waals surface area contributed by atoms with Crippen molar-refractivity contribution in [3.63, 3.8) is 0 Å². The van der Waals surface area contributed by atoms with Crippen molar-refractivity contribution in [2.75, 3.05) is 49.0 Å². The number of rotatable bonds is 11. The molecular formula is C21H31N7S2. The summed E-state index contributed by atoms with van der Waals surface area (Å²) in [6, 6.07) is 2.65. The molecule has 162 valence electrons. The molecule has 0 radical (unpaired) electrons. The molecule has 0 aliphatic heterocycles. The van der Waals surface area contributed by atoms with Crippen LogP contribution in [0.1, 0.15) is 31.7 Å². The summed E-state index contributed by atoms with van der Waals surface area (Å²) in [7, 11) is 1.91. The SMILES string of the molecule is CNc1ncnc2c1ccn2[C@H]1CC[C@@H](CN(CCCNCSC)c2cncs2)C1. The highest BCUT2D eigenvalue weighted by Gasteiger charge is 2.29. The lowest BCUT2D eigenvalue weighted by atomic mass is 10.1. The first kappa shape index (κ1) is 21.4. The lowest BCUT2D eigenvalue weighted by molar-refractivity contribution is 0.477. The van der Waals surface area contributed by atoms with Gasteiger partial charge < -0.3 is 20.1 Å². The van der Waals surface area contributed by atoms with Gasteiger partial charge in [-0.25, -0.2) is 9.97 Å². The Morgan fingerprint density at radius 3 is 3.07 bits per heavy atom. The Hall–Kier alpha value is -1.84. The average Bonchev–Trinajstić information content (AvgIpc) is 3.52. The summed E-state index contributed by atoms with van der Waals surface area (Å²) in [5.74, 6) is 2.62. The Labute approximate surface area is 186 Å². The van der Waals surface area contributed by atoms with Crippen LogP contribution in [0.2, 0.25) is 0 Å². The molecule has 4 rings (SSSR count). The van der Waals surface area contributed by atoms with Gasteiger partial charge in [0, 0.05) is 38.3 Å². The molecule has 1 aliphatic rings. The van der Waals surface area contributed by atoms with Gasteiger partial charge in [-0.2, -0.15) is 0 Å². The molecule has 1 aliphatic carbocycles. The summed E-state index contributed by atoms with van der Waals surface area (Å²) in [6.45, 7) is 3.25. The number of nitrogens with zero attached hydrogens (tertiary/aromatic N) is 5. The van der Waals surface area contributed by atoms with Crippen molar-refractivity contribution in [2.24, 2.45) is 5.92 Å². The standard InChI is InChI=1S/C21H31N7S2/c1-22-20-18-6-9-28(21(18)26-13-25-20)17-5-4-16(10-17)12-27(19-11-24-15-30-19)8-3-7-23-14-29-2/h6,9,11,13,15-17,23H,3-5,7-8,10,12,14H2,1-2H3,(H,22,25,26)/t16-,17+/m1/s1. The Morgan fingerprint density at radius 2 is 2.27 bits per heavy atom. The monoisotopic (exact) mass is 445 g/mol. The van der Waals surface area contributed by atoms with E-state index >= 15 is 0 Å². The molecule has 1 saturated carbocycles. The minimum absolute atomic E-state index is 0.513. The first-order valence-electron chi connectivity index (χ1n) is 10.6. The van der Waals surface area contributed by atoms with E-state index in [9.17, 15) is 0 Å². The maximum atomic E-state index is 4.57. The van der Waals surface area contributed by atoms with Crippen molar-refractivity contribution < 1.29 is 0 Å². The van der Waals surface area contributed by atoms with Gasteiger partial charge in [-0.15, -0.1) is 23.1 Å². The van der Waals surface area contributed by atoms with E-state index in [1.54, 1.807) is 17.7 Å². The van der Waals surface area contributed by atoms with E-state index in [0.717, 1.165) is 48.8 Å². The van der Waals surface area contributed by atoms with E-state index in [2.05, 4.69) is 53.6 Å². The van der Waals surface area contributed by atoms with Crippen molar-refractivity contribution in [3.05, 3.63) is 30.3 Å². The predicted molar refractivity (Wildman–Crippen MR) is 129 cm³/mol. The number of anilines is 2. The molecule has 0 spiro atoms. The Balaban J connectivity index is 1.39. The first-order chi connectivity index (χ1) is 14.8. The van der Waals surface area contributed by atoms with Gasteiger partial charge >= 0.3 is 0 Å². The second-order valence-electron chi connectivity index (χ2n) is 7.84. The van der Waals surface area contributed by atoms with Gasteiger partial charge in [0.1, 0.15) is 22.8 Å². The second-order valence-corrected chi connectivity index (χ2v) is 9.57. The van der Waals surface area contributed by atoms with Gasteiger partial charge in [0.05, 0.1) is 17.1 Å². The van der Waals surface area contributed by atoms with Crippen molar-refractivity contribution in [2.45, 2.75) is 31.7 Å². The van der Waals surface area contributed by atoms with Gasteiger partial charge in [-0.05, 0) is 50.5 Å². The third kappa shape index (κ3) is 4.90. The normalized spacial score (nSPS) is 18.9. The van der Waals surface area contributed by atoms with Crippen LogP contribution in [0.25, 0.3) is 11.0 Å². The van der Waals surface area contributed by atoms with Crippen LogP contribution in [0.5, 0.6) is 0 Å². The zero-order valence-corrected chi connectivity index (χ0v) is 19.4. The Bertz CT molecular complexity index is 911. The summed E-state index contributed by atoms with van der Waals surface area (Å²) < 4.78 is 2.36. The van der Waals surface area contributed by atoms with Crippen molar-refractivity contribution >= 4 is 45.0 Å². The fraction of sp³-hybridized carbons (Fsp3) is 0.571. The number of thioether (sulfide) groups is 1. The van der Waals surface area contributed by atoms with Crippen LogP contribution in [0.3, 0.4) is 0 Å². The summed E-state index contributed by atoms with van der Waals surface area (Å²) in [5, 5.41) is 9.06. The van der Waals surface area contributed by atoms with Crippen LogP contribution in [0.4, 0.5) is 10.8 Å². The van der Waals surface area contributed by atoms with Gasteiger partial charge in [0.15, 0.2) is 0 Å². The number of hydrogen-bond donors (Lipinski definition) is 2. The maximum absolute atomic E-state index is 4.57. The van der Waals surface area contributed by atoms with Gasteiger partial charge in [-0.3, -0.25) is 4.98 Å². The van der Waals surface area contributed by atoms with Crippen molar-refractivity contribution in [1.82, 2.24) is 24.8 Å². The molecule has 3 heterocycles. The molecule has 30 heavy (non-hydrogen) atoms. The van der Waals surface area contributed by atoms with E-state index in [0.29, 0.717) is 12.0 Å². The number of thiazole rings is 1. The number of hydrogen-bond acceptors (Lipinski definition) is 8. The summed E-state index contributed by atoms with van der Waals surface area (Å²) >= 11 is 3.59. The molecule has 0 bridgehead atoms. The van der Waals surface area contributed by atoms with Gasteiger partial charge in [0.2, 0.25) is 0 Å². The van der Waals surface area contributed by atoms with Crippen molar-refractivity contribution in [1.29, 1.82) is 0 Å². The number of aromatic nitrogens is 4. The molecule has 3 aromatic rings. The van der Waals surface area contributed by atoms with Crippen molar-refractivity contribution in [3.8, 4) is 0 Å². The fourth-order valence-corrected chi connectivity index (χ4v) is 5.48. The molecule has 0 saturated heterocycles. The number of fused-ring (bicyclic) bond motifs is 1. The highest BCUT2D eigenvalue weighted by atomic mass is 32.2. The smallest absolute Gasteiger partial charge is 0.145 e. The number of nitrogens with one attached hydrogen (secondary N) is 2. The topological polar surface area (TPSA) is 70.9 Å². The molecular weight excluding hydrogens is 414 g/mol. The Kier molecular flexibility index (Phi) is 7.46. The summed E-state index contributed by atoms with van der Waals surface area (Å²) in [5.41, 5.74) is 2.98. The molecule has 0 aromatic carbocycles. The van der Waals surface area contributed by atoms with E-state index in [1.807, 2.05) is 30.5 Å². The van der Waals surface area contributed by atoms with Gasteiger partial charge in [-0.1, -0.05) is 0 Å². The molecule has 0 unspecified atom stereocenters. The van der Waals surface area contributed by atoms with Crippen LogP contribution in [0.15, 0.2) is 30.3 Å². The highest BCUT2D eigenvalue weighted by Crippen LogP contribution is 2.38. The lowest BCUT2D eigenvalue weighted by Crippen LogP contribution is -2.31. The summed E-state index contributed by atoms with van der Waals surface area (Å²) in [4.78, 5) is 15.8. The molecule has 2 N–H and O–H groups in total. The van der Waals surface area contributed by atoms with Crippen LogP contribution in [0, 0.1) is 5.92 Å². The van der Waals surface area contributed by atoms with E-state index in [-0.39, 0.29) is 0 Å². The van der Waals surface area contributed by atoms with E-state index in [4.69, 9.17) is 0 Å². The van der Waals surface area contributed by atoms with Crippen LogP contribution in [-0.2, 0) is 0 Å². The molecule has 9 heteroatoms. The molecule has 7 nitrogen and oxygen atoms in total. The average molecular weight is 446 g/mol. The molecule has 1 fully saturated rings. The maximum Gasteiger partial charge on any atom is 0.145 e.